The molecule has 1 heterocycles. The zero-order valence-electron chi connectivity index (χ0n) is 11.3. The number of nitrogens with one attached hydrogen (secondary N) is 1. The molecule has 0 bridgehead atoms. The van der Waals surface area contributed by atoms with E-state index in [4.69, 9.17) is 0 Å². The van der Waals surface area contributed by atoms with Gasteiger partial charge in [0.1, 0.15) is 0 Å². The van der Waals surface area contributed by atoms with Crippen LogP contribution in [-0.4, -0.2) is 22.0 Å². The summed E-state index contributed by atoms with van der Waals surface area (Å²) in [5.74, 6) is 0. The largest absolute Gasteiger partial charge is 0.314 e. The van der Waals surface area contributed by atoms with Crippen LogP contribution in [0.5, 0.6) is 0 Å². The molecule has 0 aliphatic rings. The summed E-state index contributed by atoms with van der Waals surface area (Å²) in [4.78, 5) is 0. The first kappa shape index (κ1) is 12.8. The number of nitrogens with zero attached hydrogens (tertiary/aromatic N) is 3. The van der Waals surface area contributed by atoms with Gasteiger partial charge >= 0.3 is 0 Å². The van der Waals surface area contributed by atoms with E-state index in [-0.39, 0.29) is 0 Å². The zero-order chi connectivity index (χ0) is 13.0. The van der Waals surface area contributed by atoms with Crippen LogP contribution in [0.3, 0.4) is 0 Å². The molecular weight excluding hydrogens is 224 g/mol. The summed E-state index contributed by atoms with van der Waals surface area (Å²) in [6.45, 7) is 5.85. The van der Waals surface area contributed by atoms with Gasteiger partial charge in [0.2, 0.25) is 0 Å². The first-order chi connectivity index (χ1) is 8.76. The molecule has 0 aliphatic heterocycles. The number of aryl methyl sites for hydroxylation is 1. The molecule has 2 rings (SSSR count). The fraction of sp³-hybridized carbons (Fsp3) is 0.429. The van der Waals surface area contributed by atoms with Gasteiger partial charge in [-0.3, -0.25) is 0 Å². The summed E-state index contributed by atoms with van der Waals surface area (Å²) in [5, 5.41) is 11.7. The summed E-state index contributed by atoms with van der Waals surface area (Å²) in [5.41, 5.74) is 4.86. The van der Waals surface area contributed by atoms with Crippen LogP contribution in [0, 0.1) is 6.92 Å². The van der Waals surface area contributed by atoms with Gasteiger partial charge in [0.25, 0.3) is 0 Å². The smallest absolute Gasteiger partial charge is 0.0996 e. The maximum atomic E-state index is 4.27. The fourth-order valence-corrected chi connectivity index (χ4v) is 2.14. The van der Waals surface area contributed by atoms with Crippen LogP contribution in [0.4, 0.5) is 0 Å². The van der Waals surface area contributed by atoms with Crippen LogP contribution in [0.25, 0.3) is 0 Å². The lowest BCUT2D eigenvalue weighted by molar-refractivity contribution is 0.620. The molecule has 0 saturated heterocycles. The molecule has 0 unspecified atom stereocenters. The third-order valence-electron chi connectivity index (χ3n) is 3.18. The van der Waals surface area contributed by atoms with Crippen LogP contribution >= 0.6 is 0 Å². The number of benzene rings is 1. The van der Waals surface area contributed by atoms with E-state index < -0.39 is 0 Å². The first-order valence-corrected chi connectivity index (χ1v) is 6.36. The Morgan fingerprint density at radius 2 is 2.06 bits per heavy atom. The topological polar surface area (TPSA) is 42.7 Å². The van der Waals surface area contributed by atoms with Gasteiger partial charge < -0.3 is 5.32 Å². The average Bonchev–Trinajstić information content (AvgIpc) is 2.75. The Balaban J connectivity index is 2.27. The van der Waals surface area contributed by atoms with Crippen molar-refractivity contribution < 1.29 is 0 Å². The highest BCUT2D eigenvalue weighted by molar-refractivity contribution is 5.26. The van der Waals surface area contributed by atoms with E-state index in [1.54, 1.807) is 0 Å². The third-order valence-corrected chi connectivity index (χ3v) is 3.18. The molecule has 0 saturated carbocycles. The van der Waals surface area contributed by atoms with Crippen molar-refractivity contribution in [2.75, 3.05) is 7.05 Å². The van der Waals surface area contributed by atoms with Gasteiger partial charge in [-0.2, -0.15) is 0 Å². The SMILES string of the molecule is CCc1c(CNC)nnn1Cc1ccccc1C. The van der Waals surface area contributed by atoms with Crippen LogP contribution < -0.4 is 5.32 Å². The lowest BCUT2D eigenvalue weighted by Gasteiger charge is -2.08. The molecular formula is C14H20N4. The van der Waals surface area contributed by atoms with Gasteiger partial charge in [0, 0.05) is 6.54 Å². The van der Waals surface area contributed by atoms with Crippen molar-refractivity contribution >= 4 is 0 Å². The van der Waals surface area contributed by atoms with Gasteiger partial charge in [-0.15, -0.1) is 5.10 Å². The summed E-state index contributed by atoms with van der Waals surface area (Å²) < 4.78 is 2.01. The van der Waals surface area contributed by atoms with Gasteiger partial charge in [-0.25, -0.2) is 4.68 Å². The highest BCUT2D eigenvalue weighted by Gasteiger charge is 2.11. The van der Waals surface area contributed by atoms with Crippen molar-refractivity contribution in [2.45, 2.75) is 33.4 Å². The molecule has 0 spiro atoms. The second-order valence-electron chi connectivity index (χ2n) is 4.45. The summed E-state index contributed by atoms with van der Waals surface area (Å²) in [6.07, 6.45) is 0.954. The van der Waals surface area contributed by atoms with Crippen LogP contribution in [-0.2, 0) is 19.5 Å². The molecule has 4 nitrogen and oxygen atoms in total. The minimum Gasteiger partial charge on any atom is -0.314 e. The molecule has 0 amide bonds. The molecule has 1 N–H and O–H groups in total. The number of aromatic nitrogens is 3. The van der Waals surface area contributed by atoms with E-state index in [1.807, 2.05) is 11.7 Å². The highest BCUT2D eigenvalue weighted by atomic mass is 15.4. The lowest BCUT2D eigenvalue weighted by atomic mass is 10.1. The summed E-state index contributed by atoms with van der Waals surface area (Å²) in [6, 6.07) is 8.41. The second kappa shape index (κ2) is 5.78. The predicted molar refractivity (Wildman–Crippen MR) is 72.4 cm³/mol. The molecule has 96 valence electrons. The summed E-state index contributed by atoms with van der Waals surface area (Å²) in [7, 11) is 1.93. The van der Waals surface area contributed by atoms with Crippen molar-refractivity contribution in [1.29, 1.82) is 0 Å². The molecule has 4 heteroatoms. The monoisotopic (exact) mass is 244 g/mol. The van der Waals surface area contributed by atoms with Gasteiger partial charge in [-0.05, 0) is 31.5 Å². The first-order valence-electron chi connectivity index (χ1n) is 6.36. The molecule has 18 heavy (non-hydrogen) atoms. The molecule has 1 aromatic carbocycles. The normalized spacial score (nSPS) is 10.8. The molecule has 0 aliphatic carbocycles. The Morgan fingerprint density at radius 3 is 2.72 bits per heavy atom. The molecule has 0 atom stereocenters. The Bertz CT molecular complexity index is 516. The maximum Gasteiger partial charge on any atom is 0.0996 e. The Labute approximate surface area is 108 Å². The number of hydrogen-bond donors (Lipinski definition) is 1. The van der Waals surface area contributed by atoms with Crippen molar-refractivity contribution in [1.82, 2.24) is 20.3 Å². The van der Waals surface area contributed by atoms with Crippen LogP contribution in [0.1, 0.15) is 29.4 Å². The Hall–Kier alpha value is -1.68. The van der Waals surface area contributed by atoms with Crippen molar-refractivity contribution in [3.8, 4) is 0 Å². The molecule has 0 radical (unpaired) electrons. The minimum absolute atomic E-state index is 0.775. The Morgan fingerprint density at radius 1 is 1.28 bits per heavy atom. The zero-order valence-corrected chi connectivity index (χ0v) is 11.3. The van der Waals surface area contributed by atoms with Gasteiger partial charge in [-0.1, -0.05) is 36.4 Å². The van der Waals surface area contributed by atoms with E-state index in [0.717, 1.165) is 25.2 Å². The van der Waals surface area contributed by atoms with E-state index in [0.29, 0.717) is 0 Å². The van der Waals surface area contributed by atoms with E-state index in [9.17, 15) is 0 Å². The predicted octanol–water partition coefficient (Wildman–Crippen LogP) is 1.92. The minimum atomic E-state index is 0.775. The molecule has 0 fully saturated rings. The van der Waals surface area contributed by atoms with E-state index >= 15 is 0 Å². The fourth-order valence-electron chi connectivity index (χ4n) is 2.14. The highest BCUT2D eigenvalue weighted by Crippen LogP contribution is 2.12. The van der Waals surface area contributed by atoms with Crippen molar-refractivity contribution in [2.24, 2.45) is 0 Å². The standard InChI is InChI=1S/C14H20N4/c1-4-14-13(9-15-3)16-17-18(14)10-12-8-6-5-7-11(12)2/h5-8,15H,4,9-10H2,1-3H3. The number of rotatable bonds is 5. The summed E-state index contributed by atoms with van der Waals surface area (Å²) >= 11 is 0. The maximum absolute atomic E-state index is 4.27. The van der Waals surface area contributed by atoms with Gasteiger partial charge in [0.15, 0.2) is 0 Å². The van der Waals surface area contributed by atoms with Gasteiger partial charge in [0.05, 0.1) is 17.9 Å². The molecule has 1 aromatic heterocycles. The van der Waals surface area contributed by atoms with Crippen LogP contribution in [0.2, 0.25) is 0 Å². The van der Waals surface area contributed by atoms with E-state index in [1.165, 1.54) is 16.8 Å². The molecule has 2 aromatic rings. The number of hydrogen-bond acceptors (Lipinski definition) is 3. The average molecular weight is 244 g/mol. The van der Waals surface area contributed by atoms with Crippen molar-refractivity contribution in [3.05, 3.63) is 46.8 Å². The lowest BCUT2D eigenvalue weighted by Crippen LogP contribution is -2.10. The van der Waals surface area contributed by atoms with Crippen LogP contribution in [0.15, 0.2) is 24.3 Å². The van der Waals surface area contributed by atoms with E-state index in [2.05, 4.69) is 53.7 Å². The van der Waals surface area contributed by atoms with Crippen molar-refractivity contribution in [3.63, 3.8) is 0 Å². The Kier molecular flexibility index (Phi) is 4.10. The third kappa shape index (κ3) is 2.59. The second-order valence-corrected chi connectivity index (χ2v) is 4.45. The quantitative estimate of drug-likeness (QED) is 0.873.